The van der Waals surface area contributed by atoms with Crippen LogP contribution >= 0.6 is 11.6 Å². The molecule has 0 atom stereocenters. The highest BCUT2D eigenvalue weighted by Gasteiger charge is 2.03. The van der Waals surface area contributed by atoms with Crippen LogP contribution in [0.4, 0.5) is 17.1 Å². The number of benzene rings is 3. The minimum absolute atomic E-state index is 0.228. The number of hydrogen-bond acceptors (Lipinski definition) is 3. The van der Waals surface area contributed by atoms with Crippen LogP contribution in [0.25, 0.3) is 6.08 Å². The van der Waals surface area contributed by atoms with Gasteiger partial charge in [-0.3, -0.25) is 4.79 Å². The first kappa shape index (κ1) is 19.5. The lowest BCUT2D eigenvalue weighted by atomic mass is 10.2. The van der Waals surface area contributed by atoms with Crippen molar-refractivity contribution in [3.63, 3.8) is 0 Å². The fourth-order valence-electron chi connectivity index (χ4n) is 2.59. The van der Waals surface area contributed by atoms with Gasteiger partial charge in [-0.25, -0.2) is 0 Å². The third-order valence-corrected chi connectivity index (χ3v) is 4.51. The van der Waals surface area contributed by atoms with E-state index in [9.17, 15) is 4.79 Å². The molecule has 0 unspecified atom stereocenters. The maximum absolute atomic E-state index is 12.2. The predicted molar refractivity (Wildman–Crippen MR) is 116 cm³/mol. The van der Waals surface area contributed by atoms with Crippen LogP contribution in [0.3, 0.4) is 0 Å². The quantitative estimate of drug-likeness (QED) is 0.369. The van der Waals surface area contributed by atoms with Crippen molar-refractivity contribution in [2.24, 2.45) is 10.2 Å². The van der Waals surface area contributed by atoms with Crippen molar-refractivity contribution in [1.29, 1.82) is 0 Å². The molecule has 0 bridgehead atoms. The summed E-state index contributed by atoms with van der Waals surface area (Å²) in [6.45, 7) is 3.93. The third kappa shape index (κ3) is 5.15. The molecule has 0 spiro atoms. The smallest absolute Gasteiger partial charge is 0.248 e. The Kier molecular flexibility index (Phi) is 6.35. The predicted octanol–water partition coefficient (Wildman–Crippen LogP) is 7.02. The number of nitrogens with one attached hydrogen (secondary N) is 1. The van der Waals surface area contributed by atoms with Gasteiger partial charge in [-0.05, 0) is 66.9 Å². The summed E-state index contributed by atoms with van der Waals surface area (Å²) in [4.78, 5) is 12.2. The number of carbonyl (C=O) groups excluding carboxylic acids is 1. The van der Waals surface area contributed by atoms with Gasteiger partial charge in [-0.2, -0.15) is 10.2 Å². The Morgan fingerprint density at radius 3 is 2.29 bits per heavy atom. The molecule has 0 aliphatic heterocycles. The number of anilines is 1. The summed E-state index contributed by atoms with van der Waals surface area (Å²) >= 11 is 6.09. The van der Waals surface area contributed by atoms with Crippen molar-refractivity contribution in [2.45, 2.75) is 13.8 Å². The molecule has 0 saturated carbocycles. The summed E-state index contributed by atoms with van der Waals surface area (Å²) in [5, 5.41) is 12.1. The summed E-state index contributed by atoms with van der Waals surface area (Å²) < 4.78 is 0. The second-order valence-electron chi connectivity index (χ2n) is 6.33. The van der Waals surface area contributed by atoms with Crippen molar-refractivity contribution >= 4 is 40.6 Å². The maximum Gasteiger partial charge on any atom is 0.248 e. The molecule has 28 heavy (non-hydrogen) atoms. The van der Waals surface area contributed by atoms with Gasteiger partial charge in [0.1, 0.15) is 0 Å². The van der Waals surface area contributed by atoms with Crippen LogP contribution in [0.2, 0.25) is 5.02 Å². The average Bonchev–Trinajstić information content (AvgIpc) is 2.68. The lowest BCUT2D eigenvalue weighted by Gasteiger charge is -2.06. The van der Waals surface area contributed by atoms with Crippen LogP contribution in [0.15, 0.2) is 83.0 Å². The highest BCUT2D eigenvalue weighted by Crippen LogP contribution is 2.26. The second-order valence-corrected chi connectivity index (χ2v) is 6.74. The summed E-state index contributed by atoms with van der Waals surface area (Å²) in [5.41, 5.74) is 5.07. The van der Waals surface area contributed by atoms with Gasteiger partial charge < -0.3 is 5.32 Å². The fourth-order valence-corrected chi connectivity index (χ4v) is 2.79. The molecular formula is C23H20ClN3O. The molecule has 1 N–H and O–H groups in total. The number of carbonyl (C=O) groups is 1. The van der Waals surface area contributed by atoms with Crippen molar-refractivity contribution in [3.8, 4) is 0 Å². The molecule has 0 aliphatic carbocycles. The number of amides is 1. The van der Waals surface area contributed by atoms with Gasteiger partial charge in [-0.1, -0.05) is 48.0 Å². The second kappa shape index (κ2) is 9.11. The zero-order valence-electron chi connectivity index (χ0n) is 15.7. The molecule has 0 aliphatic rings. The average molecular weight is 390 g/mol. The first-order chi connectivity index (χ1) is 13.5. The number of azo groups is 1. The van der Waals surface area contributed by atoms with Gasteiger partial charge in [-0.15, -0.1) is 0 Å². The molecule has 140 valence electrons. The lowest BCUT2D eigenvalue weighted by Crippen LogP contribution is -2.07. The van der Waals surface area contributed by atoms with E-state index in [1.165, 1.54) is 6.08 Å². The third-order valence-electron chi connectivity index (χ3n) is 4.16. The van der Waals surface area contributed by atoms with E-state index in [0.29, 0.717) is 10.7 Å². The molecule has 0 aromatic heterocycles. The van der Waals surface area contributed by atoms with Crippen molar-refractivity contribution in [3.05, 3.63) is 94.5 Å². The minimum atomic E-state index is -0.228. The topological polar surface area (TPSA) is 53.8 Å². The van der Waals surface area contributed by atoms with Crippen molar-refractivity contribution in [1.82, 2.24) is 0 Å². The normalized spacial score (nSPS) is 11.2. The number of nitrogens with zero attached hydrogens (tertiary/aromatic N) is 2. The SMILES string of the molecule is Cc1ccccc1N=Nc1ccc(NC(=O)/C=C/c2ccccc2Cl)cc1C. The van der Waals surface area contributed by atoms with E-state index in [1.54, 1.807) is 18.2 Å². The molecule has 3 aromatic rings. The van der Waals surface area contributed by atoms with E-state index >= 15 is 0 Å². The van der Waals surface area contributed by atoms with E-state index in [-0.39, 0.29) is 5.91 Å². The molecule has 0 heterocycles. The maximum atomic E-state index is 12.2. The standard InChI is InChI=1S/C23H20ClN3O/c1-16-7-3-6-10-21(16)26-27-22-13-12-19(15-17(22)2)25-23(28)14-11-18-8-4-5-9-20(18)24/h3-15H,1-2H3,(H,25,28)/b14-11+,27-26?. The van der Waals surface area contributed by atoms with Gasteiger partial charge in [0.25, 0.3) is 0 Å². The van der Waals surface area contributed by atoms with Gasteiger partial charge in [0, 0.05) is 16.8 Å². The van der Waals surface area contributed by atoms with Gasteiger partial charge in [0.15, 0.2) is 0 Å². The van der Waals surface area contributed by atoms with Crippen LogP contribution in [0, 0.1) is 13.8 Å². The van der Waals surface area contributed by atoms with Crippen LogP contribution < -0.4 is 5.32 Å². The van der Waals surface area contributed by atoms with Crippen LogP contribution in [0.5, 0.6) is 0 Å². The summed E-state index contributed by atoms with van der Waals surface area (Å²) in [5.74, 6) is -0.228. The molecule has 3 aromatic carbocycles. The first-order valence-corrected chi connectivity index (χ1v) is 9.22. The molecule has 0 saturated heterocycles. The van der Waals surface area contributed by atoms with E-state index in [1.807, 2.05) is 68.4 Å². The number of hydrogen-bond donors (Lipinski definition) is 1. The van der Waals surface area contributed by atoms with Gasteiger partial charge in [0.05, 0.1) is 11.4 Å². The Balaban J connectivity index is 1.68. The highest BCUT2D eigenvalue weighted by atomic mass is 35.5. The van der Waals surface area contributed by atoms with E-state index in [2.05, 4.69) is 15.5 Å². The largest absolute Gasteiger partial charge is 0.323 e. The summed E-state index contributed by atoms with van der Waals surface area (Å²) in [7, 11) is 0. The molecule has 0 radical (unpaired) electrons. The summed E-state index contributed by atoms with van der Waals surface area (Å²) in [6, 6.07) is 20.7. The highest BCUT2D eigenvalue weighted by molar-refractivity contribution is 6.32. The molecule has 1 amide bonds. The lowest BCUT2D eigenvalue weighted by molar-refractivity contribution is -0.111. The van der Waals surface area contributed by atoms with E-state index in [0.717, 1.165) is 28.1 Å². The first-order valence-electron chi connectivity index (χ1n) is 8.84. The summed E-state index contributed by atoms with van der Waals surface area (Å²) in [6.07, 6.45) is 3.15. The van der Waals surface area contributed by atoms with Crippen molar-refractivity contribution < 1.29 is 4.79 Å². The monoisotopic (exact) mass is 389 g/mol. The van der Waals surface area contributed by atoms with E-state index in [4.69, 9.17) is 11.6 Å². The number of aryl methyl sites for hydroxylation is 2. The number of halogens is 1. The molecular weight excluding hydrogens is 370 g/mol. The zero-order chi connectivity index (χ0) is 19.9. The van der Waals surface area contributed by atoms with Crippen LogP contribution in [-0.4, -0.2) is 5.91 Å². The van der Waals surface area contributed by atoms with Crippen molar-refractivity contribution in [2.75, 3.05) is 5.32 Å². The fraction of sp³-hybridized carbons (Fsp3) is 0.0870. The van der Waals surface area contributed by atoms with Crippen LogP contribution in [0.1, 0.15) is 16.7 Å². The molecule has 5 heteroatoms. The Morgan fingerprint density at radius 2 is 1.57 bits per heavy atom. The Morgan fingerprint density at radius 1 is 0.893 bits per heavy atom. The molecule has 3 rings (SSSR count). The molecule has 0 fully saturated rings. The molecule has 4 nitrogen and oxygen atoms in total. The Labute approximate surface area is 169 Å². The van der Waals surface area contributed by atoms with Crippen LogP contribution in [-0.2, 0) is 4.79 Å². The Bertz CT molecular complexity index is 1060. The van der Waals surface area contributed by atoms with Gasteiger partial charge >= 0.3 is 0 Å². The number of rotatable bonds is 5. The van der Waals surface area contributed by atoms with Gasteiger partial charge in [0.2, 0.25) is 5.91 Å². The zero-order valence-corrected chi connectivity index (χ0v) is 16.4. The Hall–Kier alpha value is -3.24. The minimum Gasteiger partial charge on any atom is -0.323 e. The van der Waals surface area contributed by atoms with E-state index < -0.39 is 0 Å².